The molecule has 3 N–H and O–H groups in total. The average molecular weight is 502 g/mol. The highest BCUT2D eigenvalue weighted by atomic mass is 19.1. The lowest BCUT2D eigenvalue weighted by atomic mass is 9.86. The Morgan fingerprint density at radius 2 is 1.92 bits per heavy atom. The largest absolute Gasteiger partial charge is 0.368 e. The van der Waals surface area contributed by atoms with E-state index in [1.807, 2.05) is 43.4 Å². The number of hydrogen-bond donors (Lipinski definition) is 2. The summed E-state index contributed by atoms with van der Waals surface area (Å²) in [7, 11) is 1.82. The fraction of sp³-hybridized carbons (Fsp3) is 0.393. The number of likely N-dealkylation sites (N-methyl/N-ethyl adjacent to an activating group) is 1. The van der Waals surface area contributed by atoms with Crippen molar-refractivity contribution >= 4 is 17.4 Å². The molecule has 192 valence electrons. The lowest BCUT2D eigenvalue weighted by Gasteiger charge is -2.33. The van der Waals surface area contributed by atoms with Gasteiger partial charge in [0.15, 0.2) is 0 Å². The van der Waals surface area contributed by atoms with Crippen molar-refractivity contribution in [2.24, 2.45) is 11.7 Å². The molecule has 1 aromatic heterocycles. The van der Waals surface area contributed by atoms with Crippen molar-refractivity contribution in [2.75, 3.05) is 43.4 Å². The molecule has 1 saturated carbocycles. The fourth-order valence-electron chi connectivity index (χ4n) is 5.19. The first-order valence-corrected chi connectivity index (χ1v) is 12.8. The van der Waals surface area contributed by atoms with E-state index >= 15 is 0 Å². The number of carbonyl (C=O) groups excluding carboxylic acids is 1. The van der Waals surface area contributed by atoms with E-state index in [0.717, 1.165) is 50.1 Å². The zero-order valence-corrected chi connectivity index (χ0v) is 21.0. The monoisotopic (exact) mass is 501 g/mol. The SMILES string of the molecule is CN1CCN(c2ccc(-n3nc(NC[C@H]4CCC[C@H](N)C4)cc3-c3ccc(C#N)c(F)c3)cc2)CC1=O. The van der Waals surface area contributed by atoms with Crippen molar-refractivity contribution < 1.29 is 9.18 Å². The molecule has 1 aliphatic heterocycles. The standard InChI is InChI=1S/C28H32FN7O/c1-34-11-12-35(18-28(34)37)23-7-9-24(10-8-23)36-26(20-5-6-21(16-30)25(29)14-20)15-27(33-36)32-17-19-3-2-4-22(31)13-19/h5-10,14-15,19,22H,2-4,11-13,17-18,31H2,1H3,(H,32,33)/t19-,22-/m0/s1. The van der Waals surface area contributed by atoms with Crippen molar-refractivity contribution in [1.82, 2.24) is 14.7 Å². The van der Waals surface area contributed by atoms with Crippen LogP contribution >= 0.6 is 0 Å². The Kier molecular flexibility index (Phi) is 7.10. The summed E-state index contributed by atoms with van der Waals surface area (Å²) in [5.74, 6) is 0.735. The van der Waals surface area contributed by atoms with Gasteiger partial charge in [-0.2, -0.15) is 5.26 Å². The van der Waals surface area contributed by atoms with E-state index in [-0.39, 0.29) is 17.5 Å². The first-order chi connectivity index (χ1) is 17.9. The number of carbonyl (C=O) groups is 1. The van der Waals surface area contributed by atoms with Gasteiger partial charge in [-0.15, -0.1) is 5.10 Å². The van der Waals surface area contributed by atoms with Crippen LogP contribution in [0.3, 0.4) is 0 Å². The molecule has 2 fully saturated rings. The topological polar surface area (TPSA) is 103 Å². The zero-order chi connectivity index (χ0) is 25.9. The molecule has 0 radical (unpaired) electrons. The Balaban J connectivity index is 1.43. The van der Waals surface area contributed by atoms with Crippen molar-refractivity contribution in [2.45, 2.75) is 31.7 Å². The Bertz CT molecular complexity index is 1310. The highest BCUT2D eigenvalue weighted by Crippen LogP contribution is 2.30. The van der Waals surface area contributed by atoms with Gasteiger partial charge in [-0.05, 0) is 61.6 Å². The number of anilines is 2. The lowest BCUT2D eigenvalue weighted by molar-refractivity contribution is -0.129. The van der Waals surface area contributed by atoms with Gasteiger partial charge in [-0.25, -0.2) is 9.07 Å². The normalized spacial score (nSPS) is 20.1. The third-order valence-corrected chi connectivity index (χ3v) is 7.41. The minimum absolute atomic E-state index is 0.00729. The maximum atomic E-state index is 14.5. The molecule has 5 rings (SSSR count). The highest BCUT2D eigenvalue weighted by Gasteiger charge is 2.22. The van der Waals surface area contributed by atoms with Gasteiger partial charge in [0.25, 0.3) is 0 Å². The van der Waals surface area contributed by atoms with E-state index < -0.39 is 5.82 Å². The van der Waals surface area contributed by atoms with Crippen LogP contribution < -0.4 is 16.0 Å². The van der Waals surface area contributed by atoms with Gasteiger partial charge in [0.05, 0.1) is 23.5 Å². The van der Waals surface area contributed by atoms with E-state index in [9.17, 15) is 9.18 Å². The van der Waals surface area contributed by atoms with Crippen LogP contribution in [0.15, 0.2) is 48.5 Å². The van der Waals surface area contributed by atoms with Crippen molar-refractivity contribution in [1.29, 1.82) is 5.26 Å². The number of benzene rings is 2. The molecule has 2 aliphatic rings. The summed E-state index contributed by atoms with van der Waals surface area (Å²) in [6.07, 6.45) is 4.36. The quantitative estimate of drug-likeness (QED) is 0.533. The van der Waals surface area contributed by atoms with E-state index in [1.165, 1.54) is 12.1 Å². The summed E-state index contributed by atoms with van der Waals surface area (Å²) in [5.41, 5.74) is 9.30. The van der Waals surface area contributed by atoms with Gasteiger partial charge in [0.2, 0.25) is 5.91 Å². The smallest absolute Gasteiger partial charge is 0.241 e. The lowest BCUT2D eigenvalue weighted by Crippen LogP contribution is -2.48. The summed E-state index contributed by atoms with van der Waals surface area (Å²) in [4.78, 5) is 15.9. The Morgan fingerprint density at radius 3 is 2.62 bits per heavy atom. The first kappa shape index (κ1) is 24.8. The Hall–Kier alpha value is -3.90. The number of nitrogens with two attached hydrogens (primary N) is 1. The number of aromatic nitrogens is 2. The van der Waals surface area contributed by atoms with Crippen LogP contribution in [0.2, 0.25) is 0 Å². The first-order valence-electron chi connectivity index (χ1n) is 12.8. The number of piperazine rings is 1. The van der Waals surface area contributed by atoms with E-state index in [1.54, 1.807) is 15.6 Å². The molecule has 0 unspecified atom stereocenters. The number of nitrogens with zero attached hydrogens (tertiary/aromatic N) is 5. The maximum absolute atomic E-state index is 14.5. The summed E-state index contributed by atoms with van der Waals surface area (Å²) in [6, 6.07) is 16.5. The second-order valence-electron chi connectivity index (χ2n) is 10.1. The molecular formula is C28H32FN7O. The molecule has 2 heterocycles. The van der Waals surface area contributed by atoms with E-state index in [2.05, 4.69) is 10.2 Å². The molecule has 1 aliphatic carbocycles. The minimum atomic E-state index is -0.562. The van der Waals surface area contributed by atoms with Gasteiger partial charge in [-0.1, -0.05) is 12.5 Å². The van der Waals surface area contributed by atoms with Crippen LogP contribution in [0.1, 0.15) is 31.2 Å². The van der Waals surface area contributed by atoms with Crippen LogP contribution in [0.4, 0.5) is 15.9 Å². The Morgan fingerprint density at radius 1 is 1.14 bits per heavy atom. The predicted molar refractivity (Wildman–Crippen MR) is 142 cm³/mol. The van der Waals surface area contributed by atoms with Crippen LogP contribution in [-0.2, 0) is 4.79 Å². The number of rotatable bonds is 6. The number of nitrogens with one attached hydrogen (secondary N) is 1. The molecule has 1 saturated heterocycles. The summed E-state index contributed by atoms with van der Waals surface area (Å²) >= 11 is 0. The van der Waals surface area contributed by atoms with Crippen molar-refractivity contribution in [3.63, 3.8) is 0 Å². The molecule has 0 bridgehead atoms. The number of hydrogen-bond acceptors (Lipinski definition) is 6. The molecule has 8 nitrogen and oxygen atoms in total. The molecule has 2 aromatic carbocycles. The molecule has 1 amide bonds. The second kappa shape index (κ2) is 10.6. The summed E-state index contributed by atoms with van der Waals surface area (Å²) in [5, 5.41) is 17.4. The summed E-state index contributed by atoms with van der Waals surface area (Å²) in [6.45, 7) is 2.60. The molecule has 37 heavy (non-hydrogen) atoms. The predicted octanol–water partition coefficient (Wildman–Crippen LogP) is 3.76. The van der Waals surface area contributed by atoms with Gasteiger partial charge >= 0.3 is 0 Å². The van der Waals surface area contributed by atoms with Gasteiger partial charge < -0.3 is 20.9 Å². The average Bonchev–Trinajstić information content (AvgIpc) is 3.33. The van der Waals surface area contributed by atoms with Gasteiger partial charge in [0.1, 0.15) is 17.7 Å². The van der Waals surface area contributed by atoms with Crippen molar-refractivity contribution in [3.8, 4) is 23.0 Å². The minimum Gasteiger partial charge on any atom is -0.368 e. The highest BCUT2D eigenvalue weighted by molar-refractivity contribution is 5.82. The maximum Gasteiger partial charge on any atom is 0.241 e. The number of amides is 1. The van der Waals surface area contributed by atoms with E-state index in [0.29, 0.717) is 36.1 Å². The third kappa shape index (κ3) is 5.44. The van der Waals surface area contributed by atoms with Gasteiger partial charge in [0, 0.05) is 50.0 Å². The van der Waals surface area contributed by atoms with Crippen LogP contribution in [-0.4, -0.2) is 59.9 Å². The third-order valence-electron chi connectivity index (χ3n) is 7.41. The second-order valence-corrected chi connectivity index (χ2v) is 10.1. The molecular weight excluding hydrogens is 469 g/mol. The zero-order valence-electron chi connectivity index (χ0n) is 21.0. The fourth-order valence-corrected chi connectivity index (χ4v) is 5.19. The van der Waals surface area contributed by atoms with Crippen LogP contribution in [0, 0.1) is 23.1 Å². The van der Waals surface area contributed by atoms with Crippen LogP contribution in [0.25, 0.3) is 16.9 Å². The summed E-state index contributed by atoms with van der Waals surface area (Å²) < 4.78 is 16.3. The molecule has 2 atom stereocenters. The number of halogens is 1. The molecule has 3 aromatic rings. The van der Waals surface area contributed by atoms with Gasteiger partial charge in [-0.3, -0.25) is 4.79 Å². The number of nitriles is 1. The molecule has 0 spiro atoms. The van der Waals surface area contributed by atoms with E-state index in [4.69, 9.17) is 16.1 Å². The molecule has 9 heteroatoms. The van der Waals surface area contributed by atoms with Crippen molar-refractivity contribution in [3.05, 3.63) is 59.9 Å². The van der Waals surface area contributed by atoms with Crippen LogP contribution in [0.5, 0.6) is 0 Å². The Labute approximate surface area is 216 Å².